The van der Waals surface area contributed by atoms with Crippen molar-refractivity contribution in [2.24, 2.45) is 5.92 Å². The summed E-state index contributed by atoms with van der Waals surface area (Å²) in [6.45, 7) is 16.6. The van der Waals surface area contributed by atoms with Gasteiger partial charge < -0.3 is 14.6 Å². The van der Waals surface area contributed by atoms with Crippen LogP contribution in [0.5, 0.6) is 0 Å². The molecule has 0 spiro atoms. The summed E-state index contributed by atoms with van der Waals surface area (Å²) in [5.41, 5.74) is 0.791. The van der Waals surface area contributed by atoms with Gasteiger partial charge in [0, 0.05) is 5.92 Å². The van der Waals surface area contributed by atoms with Gasteiger partial charge in [-0.3, -0.25) is 0 Å². The third-order valence-corrected chi connectivity index (χ3v) is 8.22. The molecular weight excluding hydrogens is 232 g/mol. The first kappa shape index (κ1) is 16.8. The van der Waals surface area contributed by atoms with E-state index in [0.717, 1.165) is 5.57 Å². The van der Waals surface area contributed by atoms with E-state index in [1.807, 2.05) is 6.92 Å². The maximum Gasteiger partial charge on any atom is 0.192 e. The smallest absolute Gasteiger partial charge is 0.192 e. The SMILES string of the molecule is C=C(C)[C@H](CO)[C@H](O)CO[Si](C)(C)C(C)(C)C. The van der Waals surface area contributed by atoms with Crippen molar-refractivity contribution < 1.29 is 14.6 Å². The lowest BCUT2D eigenvalue weighted by Gasteiger charge is -2.37. The lowest BCUT2D eigenvalue weighted by Crippen LogP contribution is -2.44. The zero-order valence-electron chi connectivity index (χ0n) is 12.1. The monoisotopic (exact) mass is 260 g/mol. The average molecular weight is 260 g/mol. The van der Waals surface area contributed by atoms with Crippen LogP contribution in [-0.4, -0.2) is 37.8 Å². The second-order valence-corrected chi connectivity index (χ2v) is 11.1. The van der Waals surface area contributed by atoms with Gasteiger partial charge in [0.25, 0.3) is 0 Å². The lowest BCUT2D eigenvalue weighted by molar-refractivity contribution is 0.0411. The molecule has 0 aliphatic heterocycles. The molecule has 0 amide bonds. The summed E-state index contributed by atoms with van der Waals surface area (Å²) in [7, 11) is -1.83. The van der Waals surface area contributed by atoms with E-state index in [2.05, 4.69) is 40.4 Å². The molecule has 0 aliphatic carbocycles. The second kappa shape index (κ2) is 6.14. The predicted octanol–water partition coefficient (Wildman–Crippen LogP) is 2.55. The first-order valence-electron chi connectivity index (χ1n) is 6.11. The van der Waals surface area contributed by atoms with E-state index in [1.54, 1.807) is 0 Å². The van der Waals surface area contributed by atoms with Crippen molar-refractivity contribution in [3.8, 4) is 0 Å². The molecule has 3 nitrogen and oxygen atoms in total. The highest BCUT2D eigenvalue weighted by Crippen LogP contribution is 2.36. The van der Waals surface area contributed by atoms with Crippen LogP contribution in [0, 0.1) is 5.92 Å². The number of hydrogen-bond donors (Lipinski definition) is 2. The molecular formula is C13H28O3Si. The van der Waals surface area contributed by atoms with E-state index in [4.69, 9.17) is 4.43 Å². The predicted molar refractivity (Wildman–Crippen MR) is 74.5 cm³/mol. The van der Waals surface area contributed by atoms with Crippen LogP contribution in [0.1, 0.15) is 27.7 Å². The molecule has 17 heavy (non-hydrogen) atoms. The van der Waals surface area contributed by atoms with Crippen LogP contribution in [-0.2, 0) is 4.43 Å². The van der Waals surface area contributed by atoms with Crippen molar-refractivity contribution >= 4 is 8.32 Å². The Morgan fingerprint density at radius 1 is 1.35 bits per heavy atom. The number of aliphatic hydroxyl groups is 2. The van der Waals surface area contributed by atoms with Gasteiger partial charge in [-0.1, -0.05) is 32.9 Å². The van der Waals surface area contributed by atoms with Crippen LogP contribution in [0.15, 0.2) is 12.2 Å². The van der Waals surface area contributed by atoms with Gasteiger partial charge >= 0.3 is 0 Å². The van der Waals surface area contributed by atoms with Crippen molar-refractivity contribution in [3.63, 3.8) is 0 Å². The molecule has 0 aromatic heterocycles. The zero-order valence-corrected chi connectivity index (χ0v) is 13.1. The van der Waals surface area contributed by atoms with Crippen molar-refractivity contribution in [1.29, 1.82) is 0 Å². The lowest BCUT2D eigenvalue weighted by atomic mass is 9.97. The van der Waals surface area contributed by atoms with Gasteiger partial charge in [-0.05, 0) is 25.1 Å². The Hall–Kier alpha value is -0.163. The first-order valence-corrected chi connectivity index (χ1v) is 9.02. The molecule has 0 unspecified atom stereocenters. The summed E-state index contributed by atoms with van der Waals surface area (Å²) < 4.78 is 5.93. The summed E-state index contributed by atoms with van der Waals surface area (Å²) in [5.74, 6) is -0.292. The highest BCUT2D eigenvalue weighted by Gasteiger charge is 2.38. The van der Waals surface area contributed by atoms with E-state index in [9.17, 15) is 10.2 Å². The molecule has 0 rings (SSSR count). The number of hydrogen-bond acceptors (Lipinski definition) is 3. The summed E-state index contributed by atoms with van der Waals surface area (Å²) >= 11 is 0. The molecule has 4 heteroatoms. The maximum absolute atomic E-state index is 9.98. The van der Waals surface area contributed by atoms with E-state index in [1.165, 1.54) is 0 Å². The Labute approximate surface area is 107 Å². The summed E-state index contributed by atoms with van der Waals surface area (Å²) in [4.78, 5) is 0. The molecule has 2 N–H and O–H groups in total. The van der Waals surface area contributed by atoms with Crippen molar-refractivity contribution in [3.05, 3.63) is 12.2 Å². The molecule has 0 saturated carbocycles. The Bertz CT molecular complexity index is 256. The standard InChI is InChI=1S/C13H28O3Si/c1-10(2)11(8-14)12(15)9-16-17(6,7)13(3,4)5/h11-12,14-15H,1,8-9H2,2-7H3/t11-,12+/m0/s1. The largest absolute Gasteiger partial charge is 0.414 e. The fourth-order valence-corrected chi connectivity index (χ4v) is 2.25. The van der Waals surface area contributed by atoms with Crippen LogP contribution in [0.25, 0.3) is 0 Å². The quantitative estimate of drug-likeness (QED) is 0.570. The van der Waals surface area contributed by atoms with E-state index in [-0.39, 0.29) is 24.2 Å². The fourth-order valence-electron chi connectivity index (χ4n) is 1.23. The third kappa shape index (κ3) is 4.92. The Morgan fingerprint density at radius 2 is 1.82 bits per heavy atom. The normalized spacial score (nSPS) is 16.7. The fraction of sp³-hybridized carbons (Fsp3) is 0.846. The summed E-state index contributed by atoms with van der Waals surface area (Å²) in [5, 5.41) is 19.3. The molecule has 2 atom stereocenters. The number of rotatable bonds is 6. The van der Waals surface area contributed by atoms with E-state index in [0.29, 0.717) is 0 Å². The zero-order chi connectivity index (χ0) is 13.9. The van der Waals surface area contributed by atoms with Crippen molar-refractivity contribution in [1.82, 2.24) is 0 Å². The van der Waals surface area contributed by atoms with Crippen LogP contribution >= 0.6 is 0 Å². The van der Waals surface area contributed by atoms with E-state index < -0.39 is 14.4 Å². The highest BCUT2D eigenvalue weighted by molar-refractivity contribution is 6.74. The van der Waals surface area contributed by atoms with Gasteiger partial charge in [0.2, 0.25) is 0 Å². The van der Waals surface area contributed by atoms with Crippen LogP contribution in [0.3, 0.4) is 0 Å². The second-order valence-electron chi connectivity index (χ2n) is 6.27. The highest BCUT2D eigenvalue weighted by atomic mass is 28.4. The molecule has 0 aliphatic rings. The molecule has 102 valence electrons. The average Bonchev–Trinajstić information content (AvgIpc) is 2.13. The maximum atomic E-state index is 9.98. The summed E-state index contributed by atoms with van der Waals surface area (Å²) in [6, 6.07) is 0. The van der Waals surface area contributed by atoms with Gasteiger partial charge in [0.15, 0.2) is 8.32 Å². The van der Waals surface area contributed by atoms with Crippen molar-refractivity contribution in [2.45, 2.75) is 51.9 Å². The molecule has 0 radical (unpaired) electrons. The molecule has 0 aromatic rings. The van der Waals surface area contributed by atoms with Gasteiger partial charge in [0.1, 0.15) is 0 Å². The Balaban J connectivity index is 4.43. The first-order chi connectivity index (χ1) is 7.53. The minimum absolute atomic E-state index is 0.0860. The molecule has 0 aromatic carbocycles. The van der Waals surface area contributed by atoms with Crippen LogP contribution in [0.2, 0.25) is 18.1 Å². The molecule has 0 heterocycles. The van der Waals surface area contributed by atoms with Crippen LogP contribution in [0.4, 0.5) is 0 Å². The molecule has 0 bridgehead atoms. The Kier molecular flexibility index (Phi) is 6.08. The van der Waals surface area contributed by atoms with Crippen molar-refractivity contribution in [2.75, 3.05) is 13.2 Å². The van der Waals surface area contributed by atoms with Gasteiger partial charge in [-0.15, -0.1) is 0 Å². The molecule has 0 fully saturated rings. The topological polar surface area (TPSA) is 49.7 Å². The molecule has 0 saturated heterocycles. The third-order valence-electron chi connectivity index (χ3n) is 3.72. The van der Waals surface area contributed by atoms with Gasteiger partial charge in [0.05, 0.1) is 19.3 Å². The minimum atomic E-state index is -1.83. The minimum Gasteiger partial charge on any atom is -0.414 e. The van der Waals surface area contributed by atoms with E-state index >= 15 is 0 Å². The van der Waals surface area contributed by atoms with Crippen LogP contribution < -0.4 is 0 Å². The van der Waals surface area contributed by atoms with Gasteiger partial charge in [-0.25, -0.2) is 0 Å². The number of aliphatic hydroxyl groups excluding tert-OH is 2. The summed E-state index contributed by atoms with van der Waals surface area (Å²) in [6.07, 6.45) is -0.674. The van der Waals surface area contributed by atoms with Gasteiger partial charge in [-0.2, -0.15) is 0 Å². The Morgan fingerprint density at radius 3 is 2.12 bits per heavy atom.